The molecule has 0 spiro atoms. The lowest BCUT2D eigenvalue weighted by Crippen LogP contribution is -2.37. The van der Waals surface area contributed by atoms with Gasteiger partial charge in [-0.3, -0.25) is 14.5 Å². The van der Waals surface area contributed by atoms with Crippen LogP contribution in [0.3, 0.4) is 0 Å². The molecule has 29 heavy (non-hydrogen) atoms. The third kappa shape index (κ3) is 5.72. The number of hydrogen-bond acceptors (Lipinski definition) is 6. The number of halogens is 1. The van der Waals surface area contributed by atoms with Gasteiger partial charge in [-0.2, -0.15) is 0 Å². The minimum atomic E-state index is -0.107. The third-order valence-electron chi connectivity index (χ3n) is 4.97. The average molecular weight is 437 g/mol. The second kappa shape index (κ2) is 10.1. The van der Waals surface area contributed by atoms with Gasteiger partial charge in [-0.05, 0) is 41.8 Å². The Kier molecular flexibility index (Phi) is 7.52. The molecule has 1 aliphatic rings. The minimum Gasteiger partial charge on any atom is -0.493 e. The highest BCUT2D eigenvalue weighted by Gasteiger charge is 2.19. The molecule has 0 atom stereocenters. The Morgan fingerprint density at radius 3 is 2.52 bits per heavy atom. The number of thiophene rings is 1. The number of Topliss-reactive ketones (excluding diaryl/α,β-unsaturated/α-hetero) is 1. The predicted octanol–water partition coefficient (Wildman–Crippen LogP) is 3.56. The highest BCUT2D eigenvalue weighted by Crippen LogP contribution is 2.33. The molecule has 6 nitrogen and oxygen atoms in total. The summed E-state index contributed by atoms with van der Waals surface area (Å²) in [4.78, 5) is 27.0. The fourth-order valence-electron chi connectivity index (χ4n) is 3.39. The van der Waals surface area contributed by atoms with E-state index in [4.69, 9.17) is 21.1 Å². The molecule has 2 aromatic rings. The van der Waals surface area contributed by atoms with Crippen LogP contribution in [0.1, 0.15) is 33.6 Å². The molecular formula is C21H25ClN2O4S. The van der Waals surface area contributed by atoms with E-state index in [1.54, 1.807) is 26.4 Å². The Bertz CT molecular complexity index is 884. The van der Waals surface area contributed by atoms with Gasteiger partial charge in [0.15, 0.2) is 17.3 Å². The molecule has 0 bridgehead atoms. The van der Waals surface area contributed by atoms with Crippen molar-refractivity contribution in [3.63, 3.8) is 0 Å². The maximum atomic E-state index is 12.0. The van der Waals surface area contributed by atoms with E-state index < -0.39 is 0 Å². The summed E-state index contributed by atoms with van der Waals surface area (Å²) < 4.78 is 11.3. The van der Waals surface area contributed by atoms with E-state index in [0.29, 0.717) is 15.8 Å². The van der Waals surface area contributed by atoms with Crippen LogP contribution in [-0.4, -0.2) is 50.4 Å². The normalized spacial score (nSPS) is 13.6. The van der Waals surface area contributed by atoms with Crippen LogP contribution in [0.15, 0.2) is 24.3 Å². The number of carbonyl (C=O) groups excluding carboxylic acids is 2. The first-order chi connectivity index (χ1) is 14.0. The fourth-order valence-corrected chi connectivity index (χ4v) is 4.40. The van der Waals surface area contributed by atoms with E-state index >= 15 is 0 Å². The molecule has 1 aromatic heterocycles. The summed E-state index contributed by atoms with van der Waals surface area (Å²) in [5.41, 5.74) is 2.50. The Morgan fingerprint density at radius 2 is 1.86 bits per heavy atom. The molecule has 1 N–H and O–H groups in total. The number of fused-ring (bicyclic) bond motifs is 1. The van der Waals surface area contributed by atoms with Crippen molar-refractivity contribution in [1.29, 1.82) is 0 Å². The topological polar surface area (TPSA) is 67.9 Å². The quantitative estimate of drug-likeness (QED) is 0.609. The molecule has 2 heterocycles. The van der Waals surface area contributed by atoms with Crippen molar-refractivity contribution in [2.75, 3.05) is 33.9 Å². The van der Waals surface area contributed by atoms with Gasteiger partial charge in [0.25, 0.3) is 0 Å². The number of benzene rings is 1. The van der Waals surface area contributed by atoms with Crippen LogP contribution in [0.4, 0.5) is 0 Å². The van der Waals surface area contributed by atoms with Crippen molar-refractivity contribution < 1.29 is 19.1 Å². The maximum absolute atomic E-state index is 12.0. The minimum absolute atomic E-state index is 0.0472. The average Bonchev–Trinajstić information content (AvgIpc) is 3.17. The van der Waals surface area contributed by atoms with E-state index in [9.17, 15) is 9.59 Å². The summed E-state index contributed by atoms with van der Waals surface area (Å²) in [6, 6.07) is 7.47. The van der Waals surface area contributed by atoms with E-state index in [2.05, 4.69) is 10.2 Å². The lowest BCUT2D eigenvalue weighted by atomic mass is 9.99. The molecule has 0 saturated heterocycles. The van der Waals surface area contributed by atoms with Gasteiger partial charge in [0, 0.05) is 39.0 Å². The molecule has 0 radical (unpaired) electrons. The van der Waals surface area contributed by atoms with E-state index in [1.807, 2.05) is 12.1 Å². The molecule has 0 saturated carbocycles. The summed E-state index contributed by atoms with van der Waals surface area (Å²) in [5.74, 6) is 1.34. The molecule has 0 fully saturated rings. The zero-order valence-electron chi connectivity index (χ0n) is 16.6. The third-order valence-corrected chi connectivity index (χ3v) is 6.25. The van der Waals surface area contributed by atoms with Crippen molar-refractivity contribution >= 4 is 34.6 Å². The number of nitrogens with one attached hydrogen (secondary N) is 1. The second-order valence-electron chi connectivity index (χ2n) is 6.88. The number of rotatable bonds is 9. The lowest BCUT2D eigenvalue weighted by molar-refractivity contribution is -0.121. The molecule has 0 unspecified atom stereocenters. The van der Waals surface area contributed by atoms with Crippen LogP contribution in [0.2, 0.25) is 4.34 Å². The first-order valence-corrected chi connectivity index (χ1v) is 10.7. The predicted molar refractivity (Wildman–Crippen MR) is 114 cm³/mol. The summed E-state index contributed by atoms with van der Waals surface area (Å²) in [5, 5.41) is 2.91. The standard InChI is InChI=1S/C21H25ClN2O4S/c1-27-17-11-14-7-9-24(13-15(14)12-18(17)28-2)10-8-23-21(26)6-3-16(25)19-4-5-20(22)29-19/h4-5,11-12H,3,6-10,13H2,1-2H3,(H,23,26). The number of methoxy groups -OCH3 is 2. The van der Waals surface area contributed by atoms with Gasteiger partial charge >= 0.3 is 0 Å². The van der Waals surface area contributed by atoms with E-state index in [1.165, 1.54) is 22.5 Å². The van der Waals surface area contributed by atoms with Gasteiger partial charge in [0.05, 0.1) is 23.4 Å². The number of amides is 1. The molecule has 1 aliphatic heterocycles. The molecular weight excluding hydrogens is 412 g/mol. The van der Waals surface area contributed by atoms with Crippen LogP contribution in [0, 0.1) is 0 Å². The number of ketones is 1. The van der Waals surface area contributed by atoms with Crippen LogP contribution in [0.5, 0.6) is 11.5 Å². The first-order valence-electron chi connectivity index (χ1n) is 9.51. The second-order valence-corrected chi connectivity index (χ2v) is 8.59. The van der Waals surface area contributed by atoms with Crippen LogP contribution in [0.25, 0.3) is 0 Å². The number of carbonyl (C=O) groups is 2. The Hall–Kier alpha value is -2.09. The van der Waals surface area contributed by atoms with Gasteiger partial charge in [-0.1, -0.05) is 11.6 Å². The van der Waals surface area contributed by atoms with E-state index in [0.717, 1.165) is 37.6 Å². The SMILES string of the molecule is COc1cc2c(cc1OC)CN(CCNC(=O)CCC(=O)c1ccc(Cl)s1)CC2. The monoisotopic (exact) mass is 436 g/mol. The summed E-state index contributed by atoms with van der Waals surface area (Å²) in [7, 11) is 3.28. The Balaban J connectivity index is 1.42. The number of nitrogens with zero attached hydrogens (tertiary/aromatic N) is 1. The number of hydrogen-bond donors (Lipinski definition) is 1. The molecule has 3 rings (SSSR count). The van der Waals surface area contributed by atoms with Gasteiger partial charge in [-0.25, -0.2) is 0 Å². The zero-order valence-corrected chi connectivity index (χ0v) is 18.2. The van der Waals surface area contributed by atoms with Gasteiger partial charge in [0.1, 0.15) is 0 Å². The van der Waals surface area contributed by atoms with Gasteiger partial charge < -0.3 is 14.8 Å². The summed E-state index contributed by atoms with van der Waals surface area (Å²) >= 11 is 7.09. The van der Waals surface area contributed by atoms with Crippen molar-refractivity contribution in [3.8, 4) is 11.5 Å². The van der Waals surface area contributed by atoms with Crippen molar-refractivity contribution in [2.24, 2.45) is 0 Å². The largest absolute Gasteiger partial charge is 0.493 e. The molecule has 156 valence electrons. The molecule has 8 heteroatoms. The van der Waals surface area contributed by atoms with Crippen LogP contribution < -0.4 is 14.8 Å². The molecule has 1 amide bonds. The lowest BCUT2D eigenvalue weighted by Gasteiger charge is -2.29. The zero-order chi connectivity index (χ0) is 20.8. The highest BCUT2D eigenvalue weighted by atomic mass is 35.5. The van der Waals surface area contributed by atoms with Crippen molar-refractivity contribution in [2.45, 2.75) is 25.8 Å². The maximum Gasteiger partial charge on any atom is 0.220 e. The van der Waals surface area contributed by atoms with Gasteiger partial charge in [-0.15, -0.1) is 11.3 Å². The first kappa shape index (κ1) is 21.6. The highest BCUT2D eigenvalue weighted by molar-refractivity contribution is 7.18. The molecule has 1 aromatic carbocycles. The summed E-state index contributed by atoms with van der Waals surface area (Å²) in [6.45, 7) is 3.05. The van der Waals surface area contributed by atoms with E-state index in [-0.39, 0.29) is 24.5 Å². The van der Waals surface area contributed by atoms with Crippen molar-refractivity contribution in [3.05, 3.63) is 44.6 Å². The van der Waals surface area contributed by atoms with Crippen LogP contribution in [-0.2, 0) is 17.8 Å². The smallest absolute Gasteiger partial charge is 0.220 e. The van der Waals surface area contributed by atoms with Gasteiger partial charge in [0.2, 0.25) is 5.91 Å². The van der Waals surface area contributed by atoms with Crippen LogP contribution >= 0.6 is 22.9 Å². The fraction of sp³-hybridized carbons (Fsp3) is 0.429. The summed E-state index contributed by atoms with van der Waals surface area (Å²) in [6.07, 6.45) is 1.32. The Morgan fingerprint density at radius 1 is 1.14 bits per heavy atom. The molecule has 0 aliphatic carbocycles. The Labute approximate surface area is 179 Å². The number of ether oxygens (including phenoxy) is 2. The van der Waals surface area contributed by atoms with Crippen molar-refractivity contribution in [1.82, 2.24) is 10.2 Å².